The van der Waals surface area contributed by atoms with Gasteiger partial charge in [0.05, 0.1) is 0 Å². The fourth-order valence-electron chi connectivity index (χ4n) is 1.17. The van der Waals surface area contributed by atoms with Crippen LogP contribution in [-0.2, 0) is 16.2 Å². The van der Waals surface area contributed by atoms with Crippen molar-refractivity contribution in [3.05, 3.63) is 35.4 Å². The molecule has 0 radical (unpaired) electrons. The molecule has 0 saturated heterocycles. The molecule has 0 aliphatic rings. The second-order valence-corrected chi connectivity index (χ2v) is 3.10. The first-order chi connectivity index (χ1) is 7.61. The second-order valence-electron chi connectivity index (χ2n) is 3.10. The van der Waals surface area contributed by atoms with E-state index in [-0.39, 0.29) is 13.2 Å². The van der Waals surface area contributed by atoms with Gasteiger partial charge in [0.15, 0.2) is 0 Å². The number of amides is 2. The Hall–Kier alpha value is -1.92. The lowest BCUT2D eigenvalue weighted by Crippen LogP contribution is -2.25. The molecule has 6 nitrogen and oxygen atoms in total. The molecule has 86 valence electrons. The van der Waals surface area contributed by atoms with Crippen molar-refractivity contribution in [1.82, 2.24) is 5.48 Å². The van der Waals surface area contributed by atoms with Crippen molar-refractivity contribution in [2.45, 2.75) is 6.54 Å². The summed E-state index contributed by atoms with van der Waals surface area (Å²) >= 11 is 0. The van der Waals surface area contributed by atoms with Crippen LogP contribution in [0, 0.1) is 0 Å². The number of hydroxylamine groups is 1. The molecule has 0 aromatic heterocycles. The van der Waals surface area contributed by atoms with Crippen LogP contribution in [0.3, 0.4) is 0 Å². The minimum atomic E-state index is -0.573. The molecular weight excluding hydrogens is 210 g/mol. The maximum Gasteiger partial charge on any atom is 0.249 e. The summed E-state index contributed by atoms with van der Waals surface area (Å²) in [4.78, 5) is 26.2. The van der Waals surface area contributed by atoms with Gasteiger partial charge in [0, 0.05) is 12.1 Å². The highest BCUT2D eigenvalue weighted by Gasteiger charge is 2.06. The van der Waals surface area contributed by atoms with E-state index in [2.05, 4.69) is 5.48 Å². The van der Waals surface area contributed by atoms with Crippen LogP contribution in [-0.4, -0.2) is 18.4 Å². The van der Waals surface area contributed by atoms with Gasteiger partial charge in [0.2, 0.25) is 11.8 Å². The standard InChI is InChI=1S/C10H13N3O3/c11-9(14)6-16-13-5-7-3-1-2-4-8(7)10(12)15/h1-4,13H,5-6H2,(H2,11,14)(H2,12,15). The maximum atomic E-state index is 11.0. The number of nitrogens with two attached hydrogens (primary N) is 2. The largest absolute Gasteiger partial charge is 0.368 e. The highest BCUT2D eigenvalue weighted by atomic mass is 16.6. The molecule has 0 aliphatic carbocycles. The van der Waals surface area contributed by atoms with Crippen molar-refractivity contribution in [2.24, 2.45) is 11.5 Å². The van der Waals surface area contributed by atoms with Crippen LogP contribution in [0.4, 0.5) is 0 Å². The summed E-state index contributed by atoms with van der Waals surface area (Å²) in [5, 5.41) is 0. The van der Waals surface area contributed by atoms with E-state index in [1.54, 1.807) is 24.3 Å². The molecule has 1 rings (SSSR count). The van der Waals surface area contributed by atoms with E-state index in [0.29, 0.717) is 11.1 Å². The topological polar surface area (TPSA) is 107 Å². The molecule has 0 unspecified atom stereocenters. The van der Waals surface area contributed by atoms with Gasteiger partial charge in [-0.25, -0.2) is 0 Å². The summed E-state index contributed by atoms with van der Waals surface area (Å²) in [7, 11) is 0. The van der Waals surface area contributed by atoms with E-state index in [0.717, 1.165) is 0 Å². The van der Waals surface area contributed by atoms with Gasteiger partial charge in [0.1, 0.15) is 6.61 Å². The number of hydrogen-bond acceptors (Lipinski definition) is 4. The number of benzene rings is 1. The van der Waals surface area contributed by atoms with Gasteiger partial charge in [0.25, 0.3) is 0 Å². The minimum absolute atomic E-state index is 0.223. The van der Waals surface area contributed by atoms with Crippen LogP contribution in [0.5, 0.6) is 0 Å². The fraction of sp³-hybridized carbons (Fsp3) is 0.200. The summed E-state index contributed by atoms with van der Waals surface area (Å²) in [6, 6.07) is 6.85. The third-order valence-electron chi connectivity index (χ3n) is 1.86. The van der Waals surface area contributed by atoms with Crippen molar-refractivity contribution >= 4 is 11.8 Å². The average Bonchev–Trinajstić information content (AvgIpc) is 2.24. The third-order valence-corrected chi connectivity index (χ3v) is 1.86. The predicted octanol–water partition coefficient (Wildman–Crippen LogP) is -0.708. The summed E-state index contributed by atoms with van der Waals surface area (Å²) in [6.07, 6.45) is 0. The van der Waals surface area contributed by atoms with Crippen LogP contribution >= 0.6 is 0 Å². The van der Waals surface area contributed by atoms with Crippen molar-refractivity contribution in [2.75, 3.05) is 6.61 Å². The number of carbonyl (C=O) groups excluding carboxylic acids is 2. The quantitative estimate of drug-likeness (QED) is 0.437. The Balaban J connectivity index is 2.53. The normalized spacial score (nSPS) is 10.0. The Morgan fingerprint density at radius 2 is 1.94 bits per heavy atom. The summed E-state index contributed by atoms with van der Waals surface area (Å²) < 4.78 is 0. The van der Waals surface area contributed by atoms with Crippen LogP contribution in [0.15, 0.2) is 24.3 Å². The minimum Gasteiger partial charge on any atom is -0.368 e. The summed E-state index contributed by atoms with van der Waals surface area (Å²) in [5.74, 6) is -1.08. The number of primary amides is 2. The molecule has 0 fully saturated rings. The Morgan fingerprint density at radius 3 is 2.56 bits per heavy atom. The SMILES string of the molecule is NC(=O)CONCc1ccccc1C(N)=O. The van der Waals surface area contributed by atoms with Crippen LogP contribution in [0.25, 0.3) is 0 Å². The summed E-state index contributed by atoms with van der Waals surface area (Å²) in [6.45, 7) is 0.0468. The zero-order valence-corrected chi connectivity index (χ0v) is 8.60. The van der Waals surface area contributed by atoms with E-state index in [4.69, 9.17) is 16.3 Å². The Kier molecular flexibility index (Phi) is 4.43. The Morgan fingerprint density at radius 1 is 1.25 bits per heavy atom. The second kappa shape index (κ2) is 5.84. The molecule has 16 heavy (non-hydrogen) atoms. The Bertz CT molecular complexity index is 393. The highest BCUT2D eigenvalue weighted by Crippen LogP contribution is 2.07. The third kappa shape index (κ3) is 3.68. The van der Waals surface area contributed by atoms with Crippen LogP contribution in [0.2, 0.25) is 0 Å². The van der Waals surface area contributed by atoms with Crippen LogP contribution < -0.4 is 16.9 Å². The lowest BCUT2D eigenvalue weighted by Gasteiger charge is -2.07. The van der Waals surface area contributed by atoms with Gasteiger partial charge in [-0.05, 0) is 11.6 Å². The molecular formula is C10H13N3O3. The van der Waals surface area contributed by atoms with Gasteiger partial charge in [-0.1, -0.05) is 18.2 Å². The van der Waals surface area contributed by atoms with E-state index in [1.807, 2.05) is 0 Å². The molecule has 0 spiro atoms. The maximum absolute atomic E-state index is 11.0. The zero-order valence-electron chi connectivity index (χ0n) is 8.60. The number of rotatable bonds is 6. The molecule has 0 heterocycles. The molecule has 2 amide bonds. The Labute approximate surface area is 92.5 Å². The van der Waals surface area contributed by atoms with E-state index in [9.17, 15) is 9.59 Å². The molecule has 0 bridgehead atoms. The van der Waals surface area contributed by atoms with E-state index in [1.165, 1.54) is 0 Å². The van der Waals surface area contributed by atoms with Gasteiger partial charge < -0.3 is 11.5 Å². The van der Waals surface area contributed by atoms with E-state index >= 15 is 0 Å². The smallest absolute Gasteiger partial charge is 0.249 e. The van der Waals surface area contributed by atoms with Gasteiger partial charge >= 0.3 is 0 Å². The zero-order chi connectivity index (χ0) is 12.0. The van der Waals surface area contributed by atoms with Crippen molar-refractivity contribution in [1.29, 1.82) is 0 Å². The van der Waals surface area contributed by atoms with E-state index < -0.39 is 11.8 Å². The molecule has 6 heteroatoms. The first-order valence-corrected chi connectivity index (χ1v) is 4.62. The van der Waals surface area contributed by atoms with Crippen LogP contribution in [0.1, 0.15) is 15.9 Å². The van der Waals surface area contributed by atoms with Gasteiger partial charge in [-0.15, -0.1) is 0 Å². The molecule has 0 aliphatic heterocycles. The first-order valence-electron chi connectivity index (χ1n) is 4.62. The molecule has 1 aromatic rings. The molecule has 0 saturated carbocycles. The molecule has 0 atom stereocenters. The van der Waals surface area contributed by atoms with Crippen molar-refractivity contribution in [3.63, 3.8) is 0 Å². The fourth-order valence-corrected chi connectivity index (χ4v) is 1.17. The lowest BCUT2D eigenvalue weighted by atomic mass is 10.1. The average molecular weight is 223 g/mol. The number of carbonyl (C=O) groups is 2. The molecule has 1 aromatic carbocycles. The number of nitrogens with one attached hydrogen (secondary N) is 1. The first kappa shape index (κ1) is 12.2. The van der Waals surface area contributed by atoms with Crippen molar-refractivity contribution < 1.29 is 14.4 Å². The predicted molar refractivity (Wildman–Crippen MR) is 56.9 cm³/mol. The monoisotopic (exact) mass is 223 g/mol. The van der Waals surface area contributed by atoms with Gasteiger partial charge in [-0.3, -0.25) is 14.4 Å². The van der Waals surface area contributed by atoms with Gasteiger partial charge in [-0.2, -0.15) is 5.48 Å². The molecule has 5 N–H and O–H groups in total. The number of hydrogen-bond donors (Lipinski definition) is 3. The lowest BCUT2D eigenvalue weighted by molar-refractivity contribution is -0.125. The highest BCUT2D eigenvalue weighted by molar-refractivity contribution is 5.94. The summed E-state index contributed by atoms with van der Waals surface area (Å²) in [5.41, 5.74) is 13.7. The van der Waals surface area contributed by atoms with Crippen molar-refractivity contribution in [3.8, 4) is 0 Å².